The number of nitrogens with one attached hydrogen (secondary N) is 1. The predicted molar refractivity (Wildman–Crippen MR) is 84.2 cm³/mol. The van der Waals surface area contributed by atoms with Crippen LogP contribution in [-0.4, -0.2) is 17.5 Å². The van der Waals surface area contributed by atoms with Gasteiger partial charge in [0, 0.05) is 24.8 Å². The van der Waals surface area contributed by atoms with E-state index in [0.717, 1.165) is 31.4 Å². The summed E-state index contributed by atoms with van der Waals surface area (Å²) in [6, 6.07) is 11.7. The Morgan fingerprint density at radius 3 is 2.95 bits per heavy atom. The number of nitrogens with zero attached hydrogens (tertiary/aromatic N) is 1. The van der Waals surface area contributed by atoms with Crippen molar-refractivity contribution in [3.05, 3.63) is 53.5 Å². The predicted octanol–water partition coefficient (Wildman–Crippen LogP) is 3.80. The molecule has 110 valence electrons. The maximum atomic E-state index is 5.52. The summed E-state index contributed by atoms with van der Waals surface area (Å²) in [5.41, 5.74) is 4.23. The molecule has 1 N–H and O–H groups in total. The largest absolute Gasteiger partial charge is 0.468 e. The van der Waals surface area contributed by atoms with Gasteiger partial charge >= 0.3 is 0 Å². The van der Waals surface area contributed by atoms with Crippen molar-refractivity contribution in [2.75, 3.05) is 11.9 Å². The summed E-state index contributed by atoms with van der Waals surface area (Å²) in [4.78, 5) is 2.55. The van der Waals surface area contributed by atoms with E-state index in [0.29, 0.717) is 0 Å². The quantitative estimate of drug-likeness (QED) is 0.904. The minimum Gasteiger partial charge on any atom is -0.468 e. The second kappa shape index (κ2) is 5.57. The van der Waals surface area contributed by atoms with E-state index < -0.39 is 0 Å². The first-order chi connectivity index (χ1) is 10.4. The van der Waals surface area contributed by atoms with Gasteiger partial charge in [-0.25, -0.2) is 0 Å². The van der Waals surface area contributed by atoms with Crippen LogP contribution in [0.5, 0.6) is 0 Å². The van der Waals surface area contributed by atoms with Crippen molar-refractivity contribution in [3.8, 4) is 0 Å². The summed E-state index contributed by atoms with van der Waals surface area (Å²) in [5, 5.41) is 3.49. The monoisotopic (exact) mass is 282 g/mol. The lowest BCUT2D eigenvalue weighted by atomic mass is 10.0. The molecule has 0 saturated heterocycles. The van der Waals surface area contributed by atoms with E-state index in [1.54, 1.807) is 6.26 Å². The highest BCUT2D eigenvalue weighted by Gasteiger charge is 2.29. The van der Waals surface area contributed by atoms with Crippen molar-refractivity contribution >= 4 is 5.69 Å². The molecule has 1 aliphatic heterocycles. The van der Waals surface area contributed by atoms with Crippen LogP contribution in [0.1, 0.15) is 36.1 Å². The molecule has 0 radical (unpaired) electrons. The highest BCUT2D eigenvalue weighted by atomic mass is 16.3. The molecule has 2 aliphatic rings. The van der Waals surface area contributed by atoms with Crippen LogP contribution in [0.15, 0.2) is 41.0 Å². The Balaban J connectivity index is 1.50. The molecule has 1 aromatic carbocycles. The molecule has 3 heteroatoms. The zero-order valence-electron chi connectivity index (χ0n) is 12.3. The lowest BCUT2D eigenvalue weighted by Gasteiger charge is -2.23. The number of hydrogen-bond acceptors (Lipinski definition) is 3. The second-order valence-electron chi connectivity index (χ2n) is 6.24. The van der Waals surface area contributed by atoms with Gasteiger partial charge in [0.1, 0.15) is 5.76 Å². The Morgan fingerprint density at radius 2 is 2.14 bits per heavy atom. The number of rotatable bonds is 5. The number of furan rings is 1. The van der Waals surface area contributed by atoms with Gasteiger partial charge < -0.3 is 9.73 Å². The third-order valence-corrected chi connectivity index (χ3v) is 4.50. The van der Waals surface area contributed by atoms with E-state index in [4.69, 9.17) is 4.42 Å². The van der Waals surface area contributed by atoms with Gasteiger partial charge in [-0.2, -0.15) is 0 Å². The highest BCUT2D eigenvalue weighted by molar-refractivity contribution is 5.54. The fraction of sp³-hybridized carbons (Fsp3) is 0.444. The van der Waals surface area contributed by atoms with E-state index in [-0.39, 0.29) is 0 Å². The first-order valence-corrected chi connectivity index (χ1v) is 8.00. The Bertz CT molecular complexity index is 602. The second-order valence-corrected chi connectivity index (χ2v) is 6.24. The number of fused-ring (bicyclic) bond motifs is 1. The number of hydrogen-bond donors (Lipinski definition) is 1. The van der Waals surface area contributed by atoms with Gasteiger partial charge in [0.15, 0.2) is 0 Å². The molecule has 0 atom stereocenters. The van der Waals surface area contributed by atoms with Crippen LogP contribution in [0.2, 0.25) is 0 Å². The van der Waals surface area contributed by atoms with Crippen molar-refractivity contribution < 1.29 is 4.42 Å². The zero-order valence-corrected chi connectivity index (χ0v) is 12.3. The molecule has 3 nitrogen and oxygen atoms in total. The molecule has 1 saturated carbocycles. The van der Waals surface area contributed by atoms with Gasteiger partial charge in [-0.1, -0.05) is 12.1 Å². The summed E-state index contributed by atoms with van der Waals surface area (Å²) < 4.78 is 5.52. The fourth-order valence-corrected chi connectivity index (χ4v) is 3.22. The number of anilines is 1. The molecule has 2 aromatic rings. The van der Waals surface area contributed by atoms with Crippen LogP contribution in [0.3, 0.4) is 0 Å². The Kier molecular flexibility index (Phi) is 3.44. The van der Waals surface area contributed by atoms with Crippen LogP contribution >= 0.6 is 0 Å². The van der Waals surface area contributed by atoms with Gasteiger partial charge in [-0.15, -0.1) is 0 Å². The van der Waals surface area contributed by atoms with Gasteiger partial charge in [0.25, 0.3) is 0 Å². The third-order valence-electron chi connectivity index (χ3n) is 4.50. The first kappa shape index (κ1) is 13.0. The molecule has 0 bridgehead atoms. The topological polar surface area (TPSA) is 28.4 Å². The van der Waals surface area contributed by atoms with E-state index in [1.807, 2.05) is 6.07 Å². The molecule has 1 aromatic heterocycles. The van der Waals surface area contributed by atoms with Crippen molar-refractivity contribution in [2.45, 2.75) is 44.8 Å². The molecule has 21 heavy (non-hydrogen) atoms. The molecule has 1 aliphatic carbocycles. The molecule has 0 unspecified atom stereocenters. The lowest BCUT2D eigenvalue weighted by molar-refractivity contribution is 0.225. The van der Waals surface area contributed by atoms with Crippen molar-refractivity contribution in [1.29, 1.82) is 0 Å². The maximum absolute atomic E-state index is 5.52. The Morgan fingerprint density at radius 1 is 1.19 bits per heavy atom. The van der Waals surface area contributed by atoms with E-state index in [1.165, 1.54) is 42.5 Å². The van der Waals surface area contributed by atoms with E-state index in [2.05, 4.69) is 34.5 Å². The first-order valence-electron chi connectivity index (χ1n) is 8.00. The molecule has 0 amide bonds. The van der Waals surface area contributed by atoms with Crippen molar-refractivity contribution in [2.24, 2.45) is 0 Å². The minimum absolute atomic E-state index is 0.740. The third kappa shape index (κ3) is 2.98. The molecular formula is C18H22N2O. The van der Waals surface area contributed by atoms with Crippen LogP contribution in [0, 0.1) is 0 Å². The zero-order chi connectivity index (χ0) is 14.1. The average molecular weight is 282 g/mol. The SMILES string of the molecule is c1coc(CN(Cc2ccc3c(c2)CCCN3)C2CC2)c1. The van der Waals surface area contributed by atoms with E-state index >= 15 is 0 Å². The molecule has 4 rings (SSSR count). The Hall–Kier alpha value is -1.74. The van der Waals surface area contributed by atoms with E-state index in [9.17, 15) is 0 Å². The summed E-state index contributed by atoms with van der Waals surface area (Å²) in [6.07, 6.45) is 6.87. The minimum atomic E-state index is 0.740. The molecule has 2 heterocycles. The van der Waals surface area contributed by atoms with Crippen LogP contribution < -0.4 is 5.32 Å². The van der Waals surface area contributed by atoms with Crippen LogP contribution in [-0.2, 0) is 19.5 Å². The summed E-state index contributed by atoms with van der Waals surface area (Å²) >= 11 is 0. The Labute approximate surface area is 126 Å². The number of benzene rings is 1. The van der Waals surface area contributed by atoms with Gasteiger partial charge in [-0.3, -0.25) is 4.90 Å². The standard InChI is InChI=1S/C18H22N2O/c1-3-15-11-14(5-8-18(15)19-9-1)12-20(16-6-7-16)13-17-4-2-10-21-17/h2,4-5,8,10-11,16,19H,1,3,6-7,9,12-13H2. The number of aryl methyl sites for hydroxylation is 1. The fourth-order valence-electron chi connectivity index (χ4n) is 3.22. The highest BCUT2D eigenvalue weighted by Crippen LogP contribution is 2.31. The van der Waals surface area contributed by atoms with Crippen LogP contribution in [0.25, 0.3) is 0 Å². The smallest absolute Gasteiger partial charge is 0.117 e. The summed E-state index contributed by atoms with van der Waals surface area (Å²) in [6.45, 7) is 3.06. The van der Waals surface area contributed by atoms with Crippen molar-refractivity contribution in [1.82, 2.24) is 4.90 Å². The van der Waals surface area contributed by atoms with Gasteiger partial charge in [0.2, 0.25) is 0 Å². The molecule has 1 fully saturated rings. The summed E-state index contributed by atoms with van der Waals surface area (Å²) in [7, 11) is 0. The lowest BCUT2D eigenvalue weighted by Crippen LogP contribution is -2.25. The normalized spacial score (nSPS) is 17.6. The summed E-state index contributed by atoms with van der Waals surface area (Å²) in [5.74, 6) is 1.07. The maximum Gasteiger partial charge on any atom is 0.117 e. The van der Waals surface area contributed by atoms with Crippen LogP contribution in [0.4, 0.5) is 5.69 Å². The molecule has 0 spiro atoms. The van der Waals surface area contributed by atoms with Gasteiger partial charge in [-0.05, 0) is 55.0 Å². The molecular weight excluding hydrogens is 260 g/mol. The van der Waals surface area contributed by atoms with Gasteiger partial charge in [0.05, 0.1) is 12.8 Å². The van der Waals surface area contributed by atoms with Crippen molar-refractivity contribution in [3.63, 3.8) is 0 Å². The average Bonchev–Trinajstić information content (AvgIpc) is 3.24.